The zero-order valence-corrected chi connectivity index (χ0v) is 19.7. The fourth-order valence-corrected chi connectivity index (χ4v) is 3.15. The summed E-state index contributed by atoms with van der Waals surface area (Å²) in [6.07, 6.45) is 0.796. The van der Waals surface area contributed by atoms with Crippen LogP contribution in [-0.4, -0.2) is 39.6 Å². The Labute approximate surface area is 180 Å². The molecule has 30 heavy (non-hydrogen) atoms. The largest absolute Gasteiger partial charge is 0.333 e. The van der Waals surface area contributed by atoms with Crippen LogP contribution in [-0.2, 0) is 15.0 Å². The summed E-state index contributed by atoms with van der Waals surface area (Å²) < 4.78 is 1.77. The number of carbonyl (C=O) groups excluding carboxylic acids is 2. The van der Waals surface area contributed by atoms with E-state index < -0.39 is 5.41 Å². The molecule has 0 spiro atoms. The second kappa shape index (κ2) is 9.02. The molecule has 164 valence electrons. The molecule has 1 aromatic heterocycles. The molecule has 0 radical (unpaired) electrons. The molecular formula is C24H36N4O2. The van der Waals surface area contributed by atoms with Crippen molar-refractivity contribution in [3.63, 3.8) is 0 Å². The van der Waals surface area contributed by atoms with E-state index in [-0.39, 0.29) is 23.8 Å². The Bertz CT molecular complexity index is 901. The van der Waals surface area contributed by atoms with Gasteiger partial charge in [-0.15, -0.1) is 0 Å². The predicted octanol–water partition coefficient (Wildman–Crippen LogP) is 4.70. The first kappa shape index (κ1) is 23.6. The third-order valence-corrected chi connectivity index (χ3v) is 4.75. The first-order chi connectivity index (χ1) is 13.8. The van der Waals surface area contributed by atoms with Crippen LogP contribution < -0.4 is 5.32 Å². The molecule has 0 aliphatic carbocycles. The van der Waals surface area contributed by atoms with Crippen molar-refractivity contribution in [3.05, 3.63) is 41.6 Å². The lowest BCUT2D eigenvalue weighted by Gasteiger charge is -2.28. The van der Waals surface area contributed by atoms with Gasteiger partial charge in [0.2, 0.25) is 11.8 Å². The van der Waals surface area contributed by atoms with Crippen LogP contribution in [0.5, 0.6) is 0 Å². The lowest BCUT2D eigenvalue weighted by atomic mass is 9.92. The third-order valence-electron chi connectivity index (χ3n) is 4.75. The second-order valence-electron chi connectivity index (χ2n) is 9.94. The molecule has 2 rings (SSSR count). The second-order valence-corrected chi connectivity index (χ2v) is 9.94. The van der Waals surface area contributed by atoms with E-state index in [1.807, 2.05) is 65.0 Å². The number of nitrogens with zero attached hydrogens (tertiary/aromatic N) is 3. The van der Waals surface area contributed by atoms with Crippen LogP contribution >= 0.6 is 0 Å². The van der Waals surface area contributed by atoms with Gasteiger partial charge < -0.3 is 10.2 Å². The van der Waals surface area contributed by atoms with Gasteiger partial charge in [-0.1, -0.05) is 60.6 Å². The van der Waals surface area contributed by atoms with E-state index in [1.54, 1.807) is 9.58 Å². The van der Waals surface area contributed by atoms with Crippen LogP contribution in [0.15, 0.2) is 30.3 Å². The van der Waals surface area contributed by atoms with Crippen LogP contribution in [0.4, 0.5) is 5.82 Å². The SMILES string of the molecule is CCCN(CC(=O)Nc1cc(C(C)(C)C)nn1-c1cccc(C)c1)C(=O)C(C)(C)C. The molecule has 1 aromatic carbocycles. The van der Waals surface area contributed by atoms with Crippen molar-refractivity contribution in [2.75, 3.05) is 18.4 Å². The van der Waals surface area contributed by atoms with Gasteiger partial charge >= 0.3 is 0 Å². The number of rotatable bonds is 6. The normalized spacial score (nSPS) is 12.0. The van der Waals surface area contributed by atoms with Gasteiger partial charge in [0.15, 0.2) is 0 Å². The van der Waals surface area contributed by atoms with Gasteiger partial charge in [0.25, 0.3) is 0 Å². The molecule has 1 heterocycles. The van der Waals surface area contributed by atoms with Crippen molar-refractivity contribution in [2.45, 2.75) is 67.2 Å². The number of hydrogen-bond acceptors (Lipinski definition) is 3. The number of amides is 2. The van der Waals surface area contributed by atoms with E-state index in [2.05, 4.69) is 26.1 Å². The minimum atomic E-state index is -0.530. The van der Waals surface area contributed by atoms with Gasteiger partial charge in [-0.2, -0.15) is 5.10 Å². The van der Waals surface area contributed by atoms with Gasteiger partial charge in [-0.25, -0.2) is 4.68 Å². The summed E-state index contributed by atoms with van der Waals surface area (Å²) >= 11 is 0. The van der Waals surface area contributed by atoms with E-state index in [0.29, 0.717) is 12.4 Å². The Morgan fingerprint density at radius 3 is 2.30 bits per heavy atom. The monoisotopic (exact) mass is 412 g/mol. The van der Waals surface area contributed by atoms with Crippen LogP contribution in [0.25, 0.3) is 5.69 Å². The number of carbonyl (C=O) groups is 2. The van der Waals surface area contributed by atoms with Crippen LogP contribution in [0, 0.1) is 12.3 Å². The Balaban J connectivity index is 2.33. The van der Waals surface area contributed by atoms with Gasteiger partial charge in [0.05, 0.1) is 17.9 Å². The Morgan fingerprint density at radius 2 is 1.77 bits per heavy atom. The summed E-state index contributed by atoms with van der Waals surface area (Å²) in [7, 11) is 0. The van der Waals surface area contributed by atoms with Gasteiger partial charge in [0.1, 0.15) is 5.82 Å². The van der Waals surface area contributed by atoms with Crippen molar-refractivity contribution < 1.29 is 9.59 Å². The average molecular weight is 413 g/mol. The maximum atomic E-state index is 12.9. The number of aryl methyl sites for hydroxylation is 1. The first-order valence-electron chi connectivity index (χ1n) is 10.6. The van der Waals surface area contributed by atoms with Crippen molar-refractivity contribution in [1.82, 2.24) is 14.7 Å². The molecule has 2 aromatic rings. The molecule has 0 saturated heterocycles. The van der Waals surface area contributed by atoms with E-state index in [9.17, 15) is 9.59 Å². The standard InChI is InChI=1S/C24H36N4O2/c1-9-13-27(22(30)24(6,7)8)16-21(29)25-20-15-19(23(3,4)5)26-28(20)18-12-10-11-17(2)14-18/h10-12,14-15H,9,13,16H2,1-8H3,(H,25,29). The maximum Gasteiger partial charge on any atom is 0.245 e. The summed E-state index contributed by atoms with van der Waals surface area (Å²) in [5, 5.41) is 7.74. The molecule has 0 aliphatic heterocycles. The molecule has 2 amide bonds. The number of nitrogens with one attached hydrogen (secondary N) is 1. The average Bonchev–Trinajstić information content (AvgIpc) is 3.04. The minimum Gasteiger partial charge on any atom is -0.333 e. The lowest BCUT2D eigenvalue weighted by Crippen LogP contribution is -2.44. The minimum absolute atomic E-state index is 0.0216. The Kier molecular flexibility index (Phi) is 7.11. The van der Waals surface area contributed by atoms with Crippen LogP contribution in [0.1, 0.15) is 66.1 Å². The van der Waals surface area contributed by atoms with E-state index in [0.717, 1.165) is 23.4 Å². The maximum absolute atomic E-state index is 12.9. The highest BCUT2D eigenvalue weighted by molar-refractivity contribution is 5.95. The Morgan fingerprint density at radius 1 is 1.10 bits per heavy atom. The lowest BCUT2D eigenvalue weighted by molar-refractivity contribution is -0.141. The summed E-state index contributed by atoms with van der Waals surface area (Å²) in [6, 6.07) is 9.91. The van der Waals surface area contributed by atoms with Crippen molar-refractivity contribution in [3.8, 4) is 5.69 Å². The van der Waals surface area contributed by atoms with Crippen molar-refractivity contribution in [1.29, 1.82) is 0 Å². The van der Waals surface area contributed by atoms with E-state index >= 15 is 0 Å². The van der Waals surface area contributed by atoms with Gasteiger partial charge in [-0.3, -0.25) is 9.59 Å². The first-order valence-corrected chi connectivity index (χ1v) is 10.6. The summed E-state index contributed by atoms with van der Waals surface area (Å²) in [5.74, 6) is 0.354. The molecule has 0 unspecified atom stereocenters. The number of aromatic nitrogens is 2. The summed E-state index contributed by atoms with van der Waals surface area (Å²) in [6.45, 7) is 16.5. The fraction of sp³-hybridized carbons (Fsp3) is 0.542. The highest BCUT2D eigenvalue weighted by Crippen LogP contribution is 2.27. The molecule has 0 saturated carbocycles. The molecule has 0 fully saturated rings. The van der Waals surface area contributed by atoms with Gasteiger partial charge in [0, 0.05) is 23.4 Å². The van der Waals surface area contributed by atoms with E-state index in [4.69, 9.17) is 5.10 Å². The molecular weight excluding hydrogens is 376 g/mol. The summed E-state index contributed by atoms with van der Waals surface area (Å²) in [4.78, 5) is 27.3. The molecule has 0 atom stereocenters. The smallest absolute Gasteiger partial charge is 0.245 e. The van der Waals surface area contributed by atoms with E-state index in [1.165, 1.54) is 0 Å². The third kappa shape index (κ3) is 5.94. The number of benzene rings is 1. The van der Waals surface area contributed by atoms with Crippen molar-refractivity contribution in [2.24, 2.45) is 5.41 Å². The summed E-state index contributed by atoms with van der Waals surface area (Å²) in [5.41, 5.74) is 2.19. The van der Waals surface area contributed by atoms with Gasteiger partial charge in [-0.05, 0) is 31.0 Å². The fourth-order valence-electron chi connectivity index (χ4n) is 3.15. The zero-order chi connectivity index (χ0) is 22.7. The Hall–Kier alpha value is -2.63. The van der Waals surface area contributed by atoms with Crippen LogP contribution in [0.2, 0.25) is 0 Å². The highest BCUT2D eigenvalue weighted by Gasteiger charge is 2.28. The molecule has 0 bridgehead atoms. The molecule has 0 aliphatic rings. The number of anilines is 1. The predicted molar refractivity (Wildman–Crippen MR) is 122 cm³/mol. The molecule has 6 nitrogen and oxygen atoms in total. The van der Waals surface area contributed by atoms with Crippen molar-refractivity contribution >= 4 is 17.6 Å². The van der Waals surface area contributed by atoms with Crippen LogP contribution in [0.3, 0.4) is 0 Å². The molecule has 1 N–H and O–H groups in total. The quantitative estimate of drug-likeness (QED) is 0.748. The topological polar surface area (TPSA) is 67.2 Å². The zero-order valence-electron chi connectivity index (χ0n) is 19.7. The molecule has 6 heteroatoms. The highest BCUT2D eigenvalue weighted by atomic mass is 16.2. The number of hydrogen-bond donors (Lipinski definition) is 1.